The van der Waals surface area contributed by atoms with Crippen LogP contribution in [0.15, 0.2) is 40.3 Å². The lowest BCUT2D eigenvalue weighted by Gasteiger charge is -2.17. The van der Waals surface area contributed by atoms with Gasteiger partial charge >= 0.3 is 6.18 Å². The van der Waals surface area contributed by atoms with Crippen LogP contribution in [0.2, 0.25) is 0 Å². The summed E-state index contributed by atoms with van der Waals surface area (Å²) in [6, 6.07) is 8.65. The van der Waals surface area contributed by atoms with Crippen LogP contribution >= 0.6 is 0 Å². The van der Waals surface area contributed by atoms with E-state index in [0.29, 0.717) is 38.8 Å². The maximum Gasteiger partial charge on any atom is 0.434 e. The summed E-state index contributed by atoms with van der Waals surface area (Å²) in [6.07, 6.45) is -0.921. The molecule has 0 radical (unpaired) electrons. The summed E-state index contributed by atoms with van der Waals surface area (Å²) in [5, 5.41) is 8.88. The second-order valence-electron chi connectivity index (χ2n) is 7.92. The molecule has 6 nitrogen and oxygen atoms in total. The highest BCUT2D eigenvalue weighted by molar-refractivity contribution is 6.02. The van der Waals surface area contributed by atoms with Gasteiger partial charge in [-0.2, -0.15) is 22.8 Å². The number of halogens is 4. The van der Waals surface area contributed by atoms with Crippen molar-refractivity contribution < 1.29 is 22.4 Å². The van der Waals surface area contributed by atoms with E-state index in [9.17, 15) is 22.4 Å². The number of nitrogens with zero attached hydrogens (tertiary/aromatic N) is 5. The number of aromatic nitrogens is 1. The molecule has 170 valence electrons. The SMILES string of the molecule is N#CC1=NC(CCCC(=O)N2Cc3ccc(-c4ccc(F)nc4C(F)(F)F)cc3C2)CC=N1. The third-order valence-corrected chi connectivity index (χ3v) is 5.65. The first-order chi connectivity index (χ1) is 15.7. The lowest BCUT2D eigenvalue weighted by molar-refractivity contribution is -0.141. The van der Waals surface area contributed by atoms with Crippen molar-refractivity contribution in [1.29, 1.82) is 5.26 Å². The van der Waals surface area contributed by atoms with Gasteiger partial charge in [-0.1, -0.05) is 12.1 Å². The van der Waals surface area contributed by atoms with Crippen LogP contribution in [0.4, 0.5) is 17.6 Å². The number of hydrogen-bond acceptors (Lipinski definition) is 5. The summed E-state index contributed by atoms with van der Waals surface area (Å²) in [7, 11) is 0. The second-order valence-corrected chi connectivity index (χ2v) is 7.92. The van der Waals surface area contributed by atoms with Crippen LogP contribution in [0.25, 0.3) is 11.1 Å². The number of amides is 1. The number of amidine groups is 1. The zero-order chi connectivity index (χ0) is 23.6. The Kier molecular flexibility index (Phi) is 6.22. The van der Waals surface area contributed by atoms with Crippen LogP contribution in [0, 0.1) is 17.3 Å². The summed E-state index contributed by atoms with van der Waals surface area (Å²) in [6.45, 7) is 0.680. The highest BCUT2D eigenvalue weighted by atomic mass is 19.4. The molecule has 1 aromatic carbocycles. The standard InChI is InChI=1S/C23H19F4N5O/c24-19-7-6-18(22(31-19)23(25,26)27)14-4-5-15-12-32(13-16(15)10-14)21(33)3-1-2-17-8-9-29-20(11-28)30-17/h4-7,9-10,17H,1-3,8,12-13H2. The third kappa shape index (κ3) is 5.08. The molecule has 0 fully saturated rings. The molecule has 2 aromatic rings. The van der Waals surface area contributed by atoms with Gasteiger partial charge in [0.2, 0.25) is 17.7 Å². The molecular weight excluding hydrogens is 438 g/mol. The highest BCUT2D eigenvalue weighted by Crippen LogP contribution is 2.37. The van der Waals surface area contributed by atoms with Crippen molar-refractivity contribution in [2.24, 2.45) is 9.98 Å². The van der Waals surface area contributed by atoms with Crippen molar-refractivity contribution >= 4 is 18.0 Å². The fourth-order valence-electron chi connectivity index (χ4n) is 4.03. The normalized spacial score (nSPS) is 17.5. The van der Waals surface area contributed by atoms with Gasteiger partial charge < -0.3 is 4.90 Å². The van der Waals surface area contributed by atoms with Crippen molar-refractivity contribution in [3.63, 3.8) is 0 Å². The molecule has 1 aromatic heterocycles. The largest absolute Gasteiger partial charge is 0.434 e. The molecule has 0 saturated heterocycles. The van der Waals surface area contributed by atoms with E-state index in [0.717, 1.165) is 23.3 Å². The molecule has 1 amide bonds. The van der Waals surface area contributed by atoms with E-state index in [1.807, 2.05) is 6.07 Å². The summed E-state index contributed by atoms with van der Waals surface area (Å²) in [4.78, 5) is 25.5. The summed E-state index contributed by atoms with van der Waals surface area (Å²) < 4.78 is 53.3. The zero-order valence-corrected chi connectivity index (χ0v) is 17.4. The van der Waals surface area contributed by atoms with Gasteiger partial charge in [0.1, 0.15) is 6.07 Å². The predicted molar refractivity (Wildman–Crippen MR) is 113 cm³/mol. The van der Waals surface area contributed by atoms with Gasteiger partial charge in [0.25, 0.3) is 0 Å². The van der Waals surface area contributed by atoms with Gasteiger partial charge in [-0.3, -0.25) is 9.79 Å². The molecule has 2 aliphatic rings. The molecule has 3 heterocycles. The molecule has 0 saturated carbocycles. The van der Waals surface area contributed by atoms with Crippen LogP contribution in [0.1, 0.15) is 42.5 Å². The Labute approximate surface area is 187 Å². The van der Waals surface area contributed by atoms with Crippen molar-refractivity contribution in [3.05, 3.63) is 53.1 Å². The molecule has 33 heavy (non-hydrogen) atoms. The Morgan fingerprint density at radius 1 is 1.18 bits per heavy atom. The van der Waals surface area contributed by atoms with Gasteiger partial charge in [0.05, 0.1) is 6.04 Å². The van der Waals surface area contributed by atoms with Gasteiger partial charge in [-0.15, -0.1) is 0 Å². The smallest absolute Gasteiger partial charge is 0.334 e. The van der Waals surface area contributed by atoms with E-state index in [1.54, 1.807) is 23.2 Å². The molecule has 4 rings (SSSR count). The van der Waals surface area contributed by atoms with Gasteiger partial charge in [-0.05, 0) is 47.7 Å². The number of carbonyl (C=O) groups is 1. The number of fused-ring (bicyclic) bond motifs is 1. The first kappa shape index (κ1) is 22.6. The summed E-state index contributed by atoms with van der Waals surface area (Å²) in [5.74, 6) is -1.10. The lowest BCUT2D eigenvalue weighted by Crippen LogP contribution is -2.25. The molecular formula is C23H19F4N5O. The van der Waals surface area contributed by atoms with E-state index in [-0.39, 0.29) is 28.9 Å². The van der Waals surface area contributed by atoms with Crippen molar-refractivity contribution in [3.8, 4) is 17.2 Å². The first-order valence-corrected chi connectivity index (χ1v) is 10.4. The highest BCUT2D eigenvalue weighted by Gasteiger charge is 2.36. The number of aliphatic imine (C=N–C) groups is 2. The topological polar surface area (TPSA) is 81.7 Å². The van der Waals surface area contributed by atoms with E-state index >= 15 is 0 Å². The minimum atomic E-state index is -4.79. The fourth-order valence-corrected chi connectivity index (χ4v) is 4.03. The number of benzene rings is 1. The lowest BCUT2D eigenvalue weighted by atomic mass is 9.99. The van der Waals surface area contributed by atoms with Crippen LogP contribution in [-0.2, 0) is 24.1 Å². The minimum Gasteiger partial charge on any atom is -0.334 e. The Bertz CT molecular complexity index is 1180. The summed E-state index contributed by atoms with van der Waals surface area (Å²) >= 11 is 0. The van der Waals surface area contributed by atoms with Crippen LogP contribution in [0.3, 0.4) is 0 Å². The Hall–Kier alpha value is -3.61. The average Bonchev–Trinajstić information content (AvgIpc) is 3.22. The Balaban J connectivity index is 1.41. The monoisotopic (exact) mass is 457 g/mol. The molecule has 0 N–H and O–H groups in total. The van der Waals surface area contributed by atoms with Crippen LogP contribution in [0.5, 0.6) is 0 Å². The number of alkyl halides is 3. The van der Waals surface area contributed by atoms with Crippen LogP contribution in [-0.4, -0.2) is 33.9 Å². The number of carbonyl (C=O) groups excluding carboxylic acids is 1. The van der Waals surface area contributed by atoms with E-state index in [2.05, 4.69) is 15.0 Å². The molecule has 0 spiro atoms. The van der Waals surface area contributed by atoms with Crippen molar-refractivity contribution in [1.82, 2.24) is 9.88 Å². The maximum atomic E-state index is 13.3. The Morgan fingerprint density at radius 2 is 1.97 bits per heavy atom. The van der Waals surface area contributed by atoms with Crippen LogP contribution < -0.4 is 0 Å². The zero-order valence-electron chi connectivity index (χ0n) is 17.4. The van der Waals surface area contributed by atoms with Crippen molar-refractivity contribution in [2.45, 2.75) is 51.0 Å². The quantitative estimate of drug-likeness (QED) is 0.483. The van der Waals surface area contributed by atoms with Gasteiger partial charge in [0.15, 0.2) is 5.69 Å². The number of nitriles is 1. The molecule has 10 heteroatoms. The number of pyridine rings is 1. The molecule has 2 aliphatic heterocycles. The molecule has 0 aliphatic carbocycles. The van der Waals surface area contributed by atoms with E-state index in [4.69, 9.17) is 5.26 Å². The van der Waals surface area contributed by atoms with Gasteiger partial charge in [-0.25, -0.2) is 9.98 Å². The average molecular weight is 457 g/mol. The number of hydrogen-bond donors (Lipinski definition) is 0. The molecule has 1 atom stereocenters. The predicted octanol–water partition coefficient (Wildman–Crippen LogP) is 4.68. The fraction of sp³-hybridized carbons (Fsp3) is 0.348. The minimum absolute atomic E-state index is 0.0545. The second kappa shape index (κ2) is 9.10. The third-order valence-electron chi connectivity index (χ3n) is 5.65. The van der Waals surface area contributed by atoms with Crippen molar-refractivity contribution in [2.75, 3.05) is 0 Å². The van der Waals surface area contributed by atoms with E-state index < -0.39 is 17.8 Å². The first-order valence-electron chi connectivity index (χ1n) is 10.4. The Morgan fingerprint density at radius 3 is 2.73 bits per heavy atom. The summed E-state index contributed by atoms with van der Waals surface area (Å²) in [5.41, 5.74) is 0.411. The number of rotatable bonds is 5. The maximum absolute atomic E-state index is 13.3. The molecule has 0 bridgehead atoms. The van der Waals surface area contributed by atoms with Gasteiger partial charge in [0, 0.05) is 37.7 Å². The molecule has 1 unspecified atom stereocenters. The van der Waals surface area contributed by atoms with E-state index in [1.165, 1.54) is 6.07 Å².